The lowest BCUT2D eigenvalue weighted by Gasteiger charge is -2.35. The fraction of sp³-hybridized carbons (Fsp3) is 0.0154. The van der Waals surface area contributed by atoms with Gasteiger partial charge in [-0.05, 0) is 117 Å². The number of anilines is 3. The fourth-order valence-electron chi connectivity index (χ4n) is 12.0. The second kappa shape index (κ2) is 14.2. The molecule has 0 aromatic heterocycles. The van der Waals surface area contributed by atoms with Gasteiger partial charge in [-0.15, -0.1) is 0 Å². The second-order valence-electron chi connectivity index (χ2n) is 17.9. The van der Waals surface area contributed by atoms with Crippen LogP contribution in [0.5, 0.6) is 0 Å². The predicted octanol–water partition coefficient (Wildman–Crippen LogP) is 17.5. The summed E-state index contributed by atoms with van der Waals surface area (Å²) in [7, 11) is 0. The SMILES string of the molecule is c1ccc(-c2ccccc2N(c2ccc3c(c2)C(c2ccccc2)(c2ccccc2)c2ccccc2-3)c2cc3cccc4c5cccc6ccc7cccc(c8cccc2c8c34)c7c65)cc1. The normalized spacial score (nSPS) is 13.0. The monoisotopic (exact) mass is 835 g/mol. The number of hydrogen-bond acceptors (Lipinski definition) is 1. The summed E-state index contributed by atoms with van der Waals surface area (Å²) >= 11 is 0. The molecule has 1 aliphatic carbocycles. The zero-order valence-electron chi connectivity index (χ0n) is 36.1. The van der Waals surface area contributed by atoms with Crippen LogP contribution in [-0.4, -0.2) is 0 Å². The summed E-state index contributed by atoms with van der Waals surface area (Å²) < 4.78 is 0. The van der Waals surface area contributed by atoms with Crippen molar-refractivity contribution in [2.45, 2.75) is 5.41 Å². The highest BCUT2D eigenvalue weighted by molar-refractivity contribution is 6.38. The van der Waals surface area contributed by atoms with Crippen molar-refractivity contribution in [3.05, 3.63) is 271 Å². The molecule has 66 heavy (non-hydrogen) atoms. The molecule has 0 aliphatic heterocycles. The third-order valence-electron chi connectivity index (χ3n) is 14.6. The van der Waals surface area contributed by atoms with Crippen molar-refractivity contribution in [1.29, 1.82) is 0 Å². The van der Waals surface area contributed by atoms with Crippen LogP contribution < -0.4 is 4.90 Å². The average Bonchev–Trinajstić information content (AvgIpc) is 3.69. The van der Waals surface area contributed by atoms with E-state index >= 15 is 0 Å². The lowest BCUT2D eigenvalue weighted by Crippen LogP contribution is -2.28. The molecule has 0 N–H and O–H groups in total. The Bertz CT molecular complexity index is 4000. The van der Waals surface area contributed by atoms with E-state index in [9.17, 15) is 0 Å². The van der Waals surface area contributed by atoms with Gasteiger partial charge in [0.15, 0.2) is 0 Å². The van der Waals surface area contributed by atoms with E-state index in [0.717, 1.165) is 17.1 Å². The van der Waals surface area contributed by atoms with Crippen molar-refractivity contribution >= 4 is 81.7 Å². The first-order valence-corrected chi connectivity index (χ1v) is 23.0. The van der Waals surface area contributed by atoms with Crippen LogP contribution >= 0.6 is 0 Å². The molecule has 0 saturated carbocycles. The molecular weight excluding hydrogens is 795 g/mol. The first-order valence-electron chi connectivity index (χ1n) is 23.0. The van der Waals surface area contributed by atoms with Gasteiger partial charge in [0.05, 0.1) is 16.8 Å². The Morgan fingerprint density at radius 1 is 0.273 bits per heavy atom. The summed E-state index contributed by atoms with van der Waals surface area (Å²) in [5.74, 6) is 0. The number of hydrogen-bond donors (Lipinski definition) is 0. The van der Waals surface area contributed by atoms with E-state index in [1.807, 2.05) is 0 Å². The van der Waals surface area contributed by atoms with Gasteiger partial charge in [-0.25, -0.2) is 0 Å². The summed E-state index contributed by atoms with van der Waals surface area (Å²) in [6, 6.07) is 93.0. The van der Waals surface area contributed by atoms with Crippen LogP contribution in [0, 0.1) is 0 Å². The van der Waals surface area contributed by atoms with Crippen molar-refractivity contribution in [2.24, 2.45) is 0 Å². The van der Waals surface area contributed by atoms with E-state index in [0.29, 0.717) is 0 Å². The lowest BCUT2D eigenvalue weighted by atomic mass is 9.67. The number of rotatable bonds is 6. The Morgan fingerprint density at radius 2 is 0.758 bits per heavy atom. The average molecular weight is 836 g/mol. The van der Waals surface area contributed by atoms with Crippen molar-refractivity contribution in [3.8, 4) is 22.3 Å². The Labute approximate surface area is 383 Å². The molecule has 0 bridgehead atoms. The summed E-state index contributed by atoms with van der Waals surface area (Å²) in [6.45, 7) is 0. The topological polar surface area (TPSA) is 3.24 Å². The molecule has 13 aromatic carbocycles. The van der Waals surface area contributed by atoms with Crippen LogP contribution in [0.4, 0.5) is 17.1 Å². The molecule has 0 unspecified atom stereocenters. The molecule has 0 amide bonds. The molecule has 0 saturated heterocycles. The minimum atomic E-state index is -0.549. The van der Waals surface area contributed by atoms with Crippen LogP contribution in [-0.2, 0) is 5.41 Å². The maximum absolute atomic E-state index is 2.56. The van der Waals surface area contributed by atoms with Gasteiger partial charge >= 0.3 is 0 Å². The molecule has 0 radical (unpaired) electrons. The highest BCUT2D eigenvalue weighted by Crippen LogP contribution is 2.58. The Hall–Kier alpha value is -8.52. The highest BCUT2D eigenvalue weighted by atomic mass is 15.1. The van der Waals surface area contributed by atoms with Crippen molar-refractivity contribution in [2.75, 3.05) is 4.90 Å². The third kappa shape index (κ3) is 5.11. The lowest BCUT2D eigenvalue weighted by molar-refractivity contribution is 0.768. The van der Waals surface area contributed by atoms with Crippen molar-refractivity contribution in [3.63, 3.8) is 0 Å². The number of fused-ring (bicyclic) bond motifs is 5. The zero-order valence-corrected chi connectivity index (χ0v) is 36.1. The van der Waals surface area contributed by atoms with Crippen LogP contribution in [0.25, 0.3) is 86.9 Å². The molecule has 14 rings (SSSR count). The summed E-state index contributed by atoms with van der Waals surface area (Å²) in [4.78, 5) is 2.56. The minimum absolute atomic E-state index is 0.549. The van der Waals surface area contributed by atoms with E-state index in [2.05, 4.69) is 254 Å². The molecule has 1 aliphatic rings. The van der Waals surface area contributed by atoms with Crippen molar-refractivity contribution < 1.29 is 0 Å². The summed E-state index contributed by atoms with van der Waals surface area (Å²) in [5.41, 5.74) is 12.8. The van der Waals surface area contributed by atoms with Crippen LogP contribution in [0.1, 0.15) is 22.3 Å². The molecule has 0 fully saturated rings. The largest absolute Gasteiger partial charge is 0.309 e. The Balaban J connectivity index is 1.15. The van der Waals surface area contributed by atoms with Gasteiger partial charge in [0.25, 0.3) is 0 Å². The zero-order chi connectivity index (χ0) is 43.3. The third-order valence-corrected chi connectivity index (χ3v) is 14.6. The van der Waals surface area contributed by atoms with E-state index in [1.165, 1.54) is 109 Å². The van der Waals surface area contributed by atoms with E-state index < -0.39 is 5.41 Å². The van der Waals surface area contributed by atoms with Gasteiger partial charge in [-0.2, -0.15) is 0 Å². The number of para-hydroxylation sites is 1. The van der Waals surface area contributed by atoms with E-state index in [1.54, 1.807) is 0 Å². The Morgan fingerprint density at radius 3 is 1.41 bits per heavy atom. The number of benzene rings is 12. The Kier molecular flexibility index (Phi) is 7.97. The molecule has 0 heterocycles. The quantitative estimate of drug-likeness (QED) is 0.151. The number of nitrogens with zero attached hydrogens (tertiary/aromatic N) is 1. The molecule has 0 spiro atoms. The standard InChI is InChI=1S/C65H41N/c1-4-18-42(19-5-1)49-27-11-13-35-59(49)66(48-38-39-51-50-28-10-12-34-57(50)65(58(51)41-48,46-23-6-2-7-24-46)47-25-8-3-9-26-47)60-40-45-22-16-31-53-52-29-14-20-43-36-37-44-21-15-30-54(62(44)61(43)52)55-32-17-33-56(60)64(55)63(45)53/h1-41H. The maximum atomic E-state index is 2.56. The van der Waals surface area contributed by atoms with Crippen LogP contribution in [0.3, 0.4) is 0 Å². The first kappa shape index (κ1) is 36.9. The van der Waals surface area contributed by atoms with Gasteiger partial charge < -0.3 is 4.90 Å². The van der Waals surface area contributed by atoms with Crippen LogP contribution in [0.15, 0.2) is 249 Å². The predicted molar refractivity (Wildman–Crippen MR) is 280 cm³/mol. The second-order valence-corrected chi connectivity index (χ2v) is 17.9. The van der Waals surface area contributed by atoms with Crippen LogP contribution in [0.2, 0.25) is 0 Å². The molecular formula is C65H41N. The molecule has 306 valence electrons. The smallest absolute Gasteiger partial charge is 0.0714 e. The van der Waals surface area contributed by atoms with Gasteiger partial charge in [-0.1, -0.05) is 224 Å². The highest BCUT2D eigenvalue weighted by Gasteiger charge is 2.46. The molecule has 1 nitrogen and oxygen atoms in total. The van der Waals surface area contributed by atoms with Crippen molar-refractivity contribution in [1.82, 2.24) is 0 Å². The molecule has 13 aromatic rings. The minimum Gasteiger partial charge on any atom is -0.309 e. The van der Waals surface area contributed by atoms with E-state index in [4.69, 9.17) is 0 Å². The fourth-order valence-corrected chi connectivity index (χ4v) is 12.0. The van der Waals surface area contributed by atoms with Gasteiger partial charge in [0, 0.05) is 22.0 Å². The summed E-state index contributed by atoms with van der Waals surface area (Å²) in [6.07, 6.45) is 0. The van der Waals surface area contributed by atoms with Gasteiger partial charge in [-0.3, -0.25) is 0 Å². The molecule has 0 atom stereocenters. The van der Waals surface area contributed by atoms with Gasteiger partial charge in [0.1, 0.15) is 0 Å². The van der Waals surface area contributed by atoms with Gasteiger partial charge in [0.2, 0.25) is 0 Å². The summed E-state index contributed by atoms with van der Waals surface area (Å²) in [5, 5.41) is 15.2. The maximum Gasteiger partial charge on any atom is 0.0714 e. The first-order chi connectivity index (χ1) is 32.8. The van der Waals surface area contributed by atoms with E-state index in [-0.39, 0.29) is 0 Å². The molecule has 1 heteroatoms.